The average molecular weight is 297 g/mol. The lowest BCUT2D eigenvalue weighted by molar-refractivity contribution is -0.121. The van der Waals surface area contributed by atoms with E-state index in [4.69, 9.17) is 10.5 Å². The molecule has 0 saturated heterocycles. The van der Waals surface area contributed by atoms with Gasteiger partial charge in [0, 0.05) is 18.1 Å². The van der Waals surface area contributed by atoms with E-state index in [9.17, 15) is 4.79 Å². The predicted octanol–water partition coefficient (Wildman–Crippen LogP) is 3.08. The molecule has 3 rings (SSSR count). The number of anilines is 1. The SMILES string of the molecule is NC1(C(=O)Nc2ccc(Oc3ccncc3)cc2)CCCC1. The summed E-state index contributed by atoms with van der Waals surface area (Å²) in [5.74, 6) is 1.32. The maximum absolute atomic E-state index is 12.2. The number of ether oxygens (including phenoxy) is 1. The molecule has 1 fully saturated rings. The summed E-state index contributed by atoms with van der Waals surface area (Å²) in [6.45, 7) is 0. The molecule has 0 atom stereocenters. The second kappa shape index (κ2) is 6.15. The molecular weight excluding hydrogens is 278 g/mol. The van der Waals surface area contributed by atoms with Crippen LogP contribution in [0.5, 0.6) is 11.5 Å². The molecule has 0 unspecified atom stereocenters. The van der Waals surface area contributed by atoms with Gasteiger partial charge in [0.2, 0.25) is 5.91 Å². The van der Waals surface area contributed by atoms with Gasteiger partial charge in [0.1, 0.15) is 11.5 Å². The van der Waals surface area contributed by atoms with Crippen LogP contribution in [0.4, 0.5) is 5.69 Å². The maximum Gasteiger partial charge on any atom is 0.244 e. The van der Waals surface area contributed by atoms with Crippen molar-refractivity contribution in [1.29, 1.82) is 0 Å². The summed E-state index contributed by atoms with van der Waals surface area (Å²) >= 11 is 0. The number of benzene rings is 1. The topological polar surface area (TPSA) is 77.2 Å². The maximum atomic E-state index is 12.2. The summed E-state index contributed by atoms with van der Waals surface area (Å²) in [6.07, 6.45) is 6.88. The molecule has 1 aromatic carbocycles. The van der Waals surface area contributed by atoms with Gasteiger partial charge in [0.15, 0.2) is 0 Å². The van der Waals surface area contributed by atoms with Crippen LogP contribution >= 0.6 is 0 Å². The van der Waals surface area contributed by atoms with Gasteiger partial charge >= 0.3 is 0 Å². The Morgan fingerprint density at radius 3 is 2.27 bits per heavy atom. The van der Waals surface area contributed by atoms with Crippen molar-refractivity contribution in [1.82, 2.24) is 4.98 Å². The van der Waals surface area contributed by atoms with Crippen LogP contribution in [0, 0.1) is 0 Å². The van der Waals surface area contributed by atoms with E-state index in [0.29, 0.717) is 5.75 Å². The zero-order chi connectivity index (χ0) is 15.4. The Labute approximate surface area is 129 Å². The number of nitrogens with two attached hydrogens (primary N) is 1. The Bertz CT molecular complexity index is 635. The van der Waals surface area contributed by atoms with E-state index in [1.807, 2.05) is 24.3 Å². The second-order valence-electron chi connectivity index (χ2n) is 5.63. The Morgan fingerprint density at radius 2 is 1.64 bits per heavy atom. The van der Waals surface area contributed by atoms with Crippen LogP contribution in [0.2, 0.25) is 0 Å². The Kier molecular flexibility index (Phi) is 4.06. The van der Waals surface area contributed by atoms with Gasteiger partial charge in [-0.25, -0.2) is 0 Å². The first-order valence-corrected chi connectivity index (χ1v) is 7.44. The lowest BCUT2D eigenvalue weighted by atomic mass is 9.98. The lowest BCUT2D eigenvalue weighted by Gasteiger charge is -2.22. The number of nitrogens with zero attached hydrogens (tertiary/aromatic N) is 1. The van der Waals surface area contributed by atoms with Crippen molar-refractivity contribution in [2.24, 2.45) is 5.73 Å². The van der Waals surface area contributed by atoms with E-state index in [-0.39, 0.29) is 5.91 Å². The highest BCUT2D eigenvalue weighted by atomic mass is 16.5. The standard InChI is InChI=1S/C17H19N3O2/c18-17(9-1-2-10-17)16(21)20-13-3-5-14(6-4-13)22-15-7-11-19-12-8-15/h3-8,11-12H,1-2,9-10,18H2,(H,20,21). The molecule has 1 aliphatic rings. The molecule has 1 aliphatic carbocycles. The van der Waals surface area contributed by atoms with Crippen molar-refractivity contribution in [3.05, 3.63) is 48.8 Å². The quantitative estimate of drug-likeness (QED) is 0.909. The first kappa shape index (κ1) is 14.5. The summed E-state index contributed by atoms with van der Waals surface area (Å²) in [7, 11) is 0. The van der Waals surface area contributed by atoms with Crippen molar-refractivity contribution < 1.29 is 9.53 Å². The van der Waals surface area contributed by atoms with E-state index in [1.54, 1.807) is 24.5 Å². The molecule has 0 radical (unpaired) electrons. The van der Waals surface area contributed by atoms with E-state index < -0.39 is 5.54 Å². The zero-order valence-electron chi connectivity index (χ0n) is 12.3. The van der Waals surface area contributed by atoms with Crippen molar-refractivity contribution in [3.8, 4) is 11.5 Å². The van der Waals surface area contributed by atoms with Gasteiger partial charge in [-0.1, -0.05) is 12.8 Å². The third kappa shape index (κ3) is 3.26. The molecule has 3 N–H and O–H groups in total. The Hall–Kier alpha value is -2.40. The molecule has 0 aliphatic heterocycles. The molecule has 1 heterocycles. The van der Waals surface area contributed by atoms with E-state index in [2.05, 4.69) is 10.3 Å². The predicted molar refractivity (Wildman–Crippen MR) is 84.8 cm³/mol. The van der Waals surface area contributed by atoms with Gasteiger partial charge in [-0.3, -0.25) is 9.78 Å². The molecule has 5 heteroatoms. The van der Waals surface area contributed by atoms with Gasteiger partial charge in [0.25, 0.3) is 0 Å². The molecule has 2 aromatic rings. The van der Waals surface area contributed by atoms with Crippen molar-refractivity contribution >= 4 is 11.6 Å². The third-order valence-electron chi connectivity index (χ3n) is 3.95. The molecule has 0 bridgehead atoms. The zero-order valence-corrected chi connectivity index (χ0v) is 12.3. The average Bonchev–Trinajstić information content (AvgIpc) is 2.98. The number of hydrogen-bond acceptors (Lipinski definition) is 4. The summed E-state index contributed by atoms with van der Waals surface area (Å²) < 4.78 is 5.68. The van der Waals surface area contributed by atoms with Crippen LogP contribution in [0.25, 0.3) is 0 Å². The van der Waals surface area contributed by atoms with Crippen LogP contribution in [0.3, 0.4) is 0 Å². The van der Waals surface area contributed by atoms with E-state index in [0.717, 1.165) is 37.1 Å². The minimum Gasteiger partial charge on any atom is -0.457 e. The first-order valence-electron chi connectivity index (χ1n) is 7.44. The van der Waals surface area contributed by atoms with Gasteiger partial charge in [-0.2, -0.15) is 0 Å². The summed E-state index contributed by atoms with van der Waals surface area (Å²) in [5, 5.41) is 2.89. The van der Waals surface area contributed by atoms with Crippen LogP contribution in [0.15, 0.2) is 48.8 Å². The number of nitrogens with one attached hydrogen (secondary N) is 1. The van der Waals surface area contributed by atoms with Crippen LogP contribution in [-0.4, -0.2) is 16.4 Å². The molecular formula is C17H19N3O2. The highest BCUT2D eigenvalue weighted by Gasteiger charge is 2.36. The highest BCUT2D eigenvalue weighted by Crippen LogP contribution is 2.29. The number of rotatable bonds is 4. The van der Waals surface area contributed by atoms with Gasteiger partial charge < -0.3 is 15.8 Å². The Balaban J connectivity index is 1.63. The fourth-order valence-corrected chi connectivity index (χ4v) is 2.64. The van der Waals surface area contributed by atoms with E-state index >= 15 is 0 Å². The number of carbonyl (C=O) groups is 1. The first-order chi connectivity index (χ1) is 10.7. The van der Waals surface area contributed by atoms with Crippen LogP contribution in [-0.2, 0) is 4.79 Å². The minimum atomic E-state index is -0.716. The van der Waals surface area contributed by atoms with Crippen molar-refractivity contribution in [2.45, 2.75) is 31.2 Å². The largest absolute Gasteiger partial charge is 0.457 e. The van der Waals surface area contributed by atoms with Gasteiger partial charge in [-0.15, -0.1) is 0 Å². The normalized spacial score (nSPS) is 16.2. The number of aromatic nitrogens is 1. The second-order valence-corrected chi connectivity index (χ2v) is 5.63. The van der Waals surface area contributed by atoms with Crippen molar-refractivity contribution in [3.63, 3.8) is 0 Å². The lowest BCUT2D eigenvalue weighted by Crippen LogP contribution is -2.48. The summed E-state index contributed by atoms with van der Waals surface area (Å²) in [6, 6.07) is 10.8. The molecule has 1 saturated carbocycles. The van der Waals surface area contributed by atoms with Gasteiger partial charge in [0.05, 0.1) is 5.54 Å². The van der Waals surface area contributed by atoms with Crippen LogP contribution in [0.1, 0.15) is 25.7 Å². The molecule has 0 spiro atoms. The minimum absolute atomic E-state index is 0.104. The van der Waals surface area contributed by atoms with Crippen molar-refractivity contribution in [2.75, 3.05) is 5.32 Å². The number of carbonyl (C=O) groups excluding carboxylic acids is 1. The van der Waals surface area contributed by atoms with E-state index in [1.165, 1.54) is 0 Å². The fraction of sp³-hybridized carbons (Fsp3) is 0.294. The smallest absolute Gasteiger partial charge is 0.244 e. The molecule has 1 amide bonds. The molecule has 1 aromatic heterocycles. The number of pyridine rings is 1. The third-order valence-corrected chi connectivity index (χ3v) is 3.95. The molecule has 22 heavy (non-hydrogen) atoms. The highest BCUT2D eigenvalue weighted by molar-refractivity contribution is 5.98. The molecule has 5 nitrogen and oxygen atoms in total. The van der Waals surface area contributed by atoms with Gasteiger partial charge in [-0.05, 0) is 49.2 Å². The monoisotopic (exact) mass is 297 g/mol. The number of amides is 1. The summed E-state index contributed by atoms with van der Waals surface area (Å²) in [5.41, 5.74) is 6.15. The fourth-order valence-electron chi connectivity index (χ4n) is 2.64. The summed E-state index contributed by atoms with van der Waals surface area (Å²) in [4.78, 5) is 16.2. The Morgan fingerprint density at radius 1 is 1.05 bits per heavy atom. The molecule has 114 valence electrons. The van der Waals surface area contributed by atoms with Crippen LogP contribution < -0.4 is 15.8 Å². The number of hydrogen-bond donors (Lipinski definition) is 2.